The Kier molecular flexibility index (Phi) is 5.27. The zero-order chi connectivity index (χ0) is 18.5. The van der Waals surface area contributed by atoms with E-state index >= 15 is 0 Å². The van der Waals surface area contributed by atoms with Gasteiger partial charge >= 0.3 is 0 Å². The largest absolute Gasteiger partial charge is 0.489 e. The SMILES string of the molecule is Clc1ccccc1COc1cccc(Nc2nccc(-c3nccs3)n2)c1. The van der Waals surface area contributed by atoms with Crippen LogP contribution >= 0.6 is 22.9 Å². The van der Waals surface area contributed by atoms with Crippen molar-refractivity contribution in [3.05, 3.63) is 83.0 Å². The maximum atomic E-state index is 6.17. The zero-order valence-corrected chi connectivity index (χ0v) is 15.7. The van der Waals surface area contributed by atoms with Gasteiger partial charge in [0.05, 0.1) is 0 Å². The Labute approximate surface area is 165 Å². The highest BCUT2D eigenvalue weighted by atomic mass is 35.5. The third kappa shape index (κ3) is 4.42. The van der Waals surface area contributed by atoms with Crippen LogP contribution in [0.25, 0.3) is 10.7 Å². The van der Waals surface area contributed by atoms with Gasteiger partial charge < -0.3 is 10.1 Å². The molecule has 2 aromatic heterocycles. The van der Waals surface area contributed by atoms with Gasteiger partial charge in [-0.1, -0.05) is 35.9 Å². The lowest BCUT2D eigenvalue weighted by Gasteiger charge is -2.10. The van der Waals surface area contributed by atoms with Crippen LogP contribution in [0.1, 0.15) is 5.56 Å². The second kappa shape index (κ2) is 8.16. The number of nitrogens with zero attached hydrogens (tertiary/aromatic N) is 3. The standard InChI is InChI=1S/C20H15ClN4OS/c21-17-7-2-1-4-14(17)13-26-16-6-3-5-15(12-16)24-20-23-9-8-18(25-20)19-22-10-11-27-19/h1-12H,13H2,(H,23,24,25). The molecule has 5 nitrogen and oxygen atoms in total. The summed E-state index contributed by atoms with van der Waals surface area (Å²) in [6.07, 6.45) is 3.47. The third-order valence-electron chi connectivity index (χ3n) is 3.75. The lowest BCUT2D eigenvalue weighted by Crippen LogP contribution is -1.99. The molecule has 0 aliphatic heterocycles. The normalized spacial score (nSPS) is 10.6. The summed E-state index contributed by atoms with van der Waals surface area (Å²) in [5.41, 5.74) is 2.56. The summed E-state index contributed by atoms with van der Waals surface area (Å²) in [4.78, 5) is 13.1. The van der Waals surface area contributed by atoms with Gasteiger partial charge in [0.1, 0.15) is 23.1 Å². The predicted molar refractivity (Wildman–Crippen MR) is 109 cm³/mol. The van der Waals surface area contributed by atoms with Gasteiger partial charge in [-0.25, -0.2) is 15.0 Å². The molecule has 2 heterocycles. The fourth-order valence-electron chi connectivity index (χ4n) is 2.46. The first kappa shape index (κ1) is 17.5. The minimum absolute atomic E-state index is 0.402. The van der Waals surface area contributed by atoms with Crippen molar-refractivity contribution < 1.29 is 4.74 Å². The number of hydrogen-bond donors (Lipinski definition) is 1. The van der Waals surface area contributed by atoms with E-state index in [4.69, 9.17) is 16.3 Å². The van der Waals surface area contributed by atoms with Crippen LogP contribution < -0.4 is 10.1 Å². The fraction of sp³-hybridized carbons (Fsp3) is 0.0500. The molecule has 4 rings (SSSR count). The van der Waals surface area contributed by atoms with Gasteiger partial charge in [0.2, 0.25) is 5.95 Å². The van der Waals surface area contributed by atoms with Crippen LogP contribution in [0.4, 0.5) is 11.6 Å². The van der Waals surface area contributed by atoms with Crippen molar-refractivity contribution in [2.24, 2.45) is 0 Å². The molecule has 0 saturated heterocycles. The Morgan fingerprint density at radius 3 is 2.78 bits per heavy atom. The second-order valence-corrected chi connectivity index (χ2v) is 6.94. The van der Waals surface area contributed by atoms with Gasteiger partial charge in [-0.15, -0.1) is 11.3 Å². The van der Waals surface area contributed by atoms with Gasteiger partial charge in [-0.3, -0.25) is 0 Å². The Bertz CT molecular complexity index is 1040. The van der Waals surface area contributed by atoms with Crippen molar-refractivity contribution in [2.45, 2.75) is 6.61 Å². The molecule has 1 N–H and O–H groups in total. The van der Waals surface area contributed by atoms with Crippen molar-refractivity contribution in [2.75, 3.05) is 5.32 Å². The van der Waals surface area contributed by atoms with E-state index in [9.17, 15) is 0 Å². The average molecular weight is 395 g/mol. The van der Waals surface area contributed by atoms with Crippen molar-refractivity contribution in [1.82, 2.24) is 15.0 Å². The van der Waals surface area contributed by atoms with Crippen LogP contribution in [-0.4, -0.2) is 15.0 Å². The zero-order valence-electron chi connectivity index (χ0n) is 14.2. The first-order valence-corrected chi connectivity index (χ1v) is 9.50. The van der Waals surface area contributed by atoms with Crippen LogP contribution in [0.2, 0.25) is 5.02 Å². The summed E-state index contributed by atoms with van der Waals surface area (Å²) < 4.78 is 5.86. The van der Waals surface area contributed by atoms with Crippen molar-refractivity contribution in [3.63, 3.8) is 0 Å². The van der Waals surface area contributed by atoms with E-state index in [0.717, 1.165) is 27.7 Å². The molecule has 0 atom stereocenters. The minimum atomic E-state index is 0.402. The maximum Gasteiger partial charge on any atom is 0.227 e. The molecule has 0 aliphatic rings. The molecule has 0 saturated carbocycles. The Balaban J connectivity index is 1.47. The fourth-order valence-corrected chi connectivity index (χ4v) is 3.25. The van der Waals surface area contributed by atoms with E-state index in [1.807, 2.05) is 60.0 Å². The van der Waals surface area contributed by atoms with E-state index in [2.05, 4.69) is 20.3 Å². The molecule has 0 radical (unpaired) electrons. The molecule has 0 bridgehead atoms. The summed E-state index contributed by atoms with van der Waals surface area (Å²) in [5.74, 6) is 1.24. The molecule has 0 fully saturated rings. The number of anilines is 2. The topological polar surface area (TPSA) is 59.9 Å². The number of hydrogen-bond acceptors (Lipinski definition) is 6. The molecule has 2 aromatic carbocycles. The smallest absolute Gasteiger partial charge is 0.227 e. The molecule has 27 heavy (non-hydrogen) atoms. The lowest BCUT2D eigenvalue weighted by atomic mass is 10.2. The minimum Gasteiger partial charge on any atom is -0.489 e. The quantitative estimate of drug-likeness (QED) is 0.462. The van der Waals surface area contributed by atoms with E-state index < -0.39 is 0 Å². The molecular weight excluding hydrogens is 380 g/mol. The van der Waals surface area contributed by atoms with Crippen LogP contribution in [-0.2, 0) is 6.61 Å². The third-order valence-corrected chi connectivity index (χ3v) is 4.91. The van der Waals surface area contributed by atoms with Crippen LogP contribution in [0, 0.1) is 0 Å². The van der Waals surface area contributed by atoms with Gasteiger partial charge in [-0.2, -0.15) is 0 Å². The van der Waals surface area contributed by atoms with Gasteiger partial charge in [0.15, 0.2) is 0 Å². The van der Waals surface area contributed by atoms with E-state index in [0.29, 0.717) is 17.6 Å². The highest BCUT2D eigenvalue weighted by molar-refractivity contribution is 7.13. The Morgan fingerprint density at radius 2 is 1.93 bits per heavy atom. The molecule has 134 valence electrons. The summed E-state index contributed by atoms with van der Waals surface area (Å²) in [6, 6.07) is 17.1. The first-order chi connectivity index (χ1) is 13.3. The molecule has 0 amide bonds. The molecule has 0 spiro atoms. The van der Waals surface area contributed by atoms with Crippen molar-refractivity contribution >= 4 is 34.6 Å². The summed E-state index contributed by atoms with van der Waals surface area (Å²) in [6.45, 7) is 0.402. The number of aromatic nitrogens is 3. The molecule has 0 aliphatic carbocycles. The van der Waals surface area contributed by atoms with Crippen LogP contribution in [0.15, 0.2) is 72.4 Å². The first-order valence-electron chi connectivity index (χ1n) is 8.24. The summed E-state index contributed by atoms with van der Waals surface area (Å²) >= 11 is 7.71. The van der Waals surface area contributed by atoms with E-state index in [1.165, 1.54) is 11.3 Å². The predicted octanol–water partition coefficient (Wildman–Crippen LogP) is 5.58. The summed E-state index contributed by atoms with van der Waals surface area (Å²) in [7, 11) is 0. The molecular formula is C20H15ClN4OS. The molecule has 0 unspecified atom stereocenters. The van der Waals surface area contributed by atoms with Crippen LogP contribution in [0.5, 0.6) is 5.75 Å². The van der Waals surface area contributed by atoms with Gasteiger partial charge in [-0.05, 0) is 24.3 Å². The van der Waals surface area contributed by atoms with Gasteiger partial charge in [0, 0.05) is 40.1 Å². The number of benzene rings is 2. The Hall–Kier alpha value is -2.96. The highest BCUT2D eigenvalue weighted by Crippen LogP contribution is 2.24. The number of thiazole rings is 1. The number of nitrogens with one attached hydrogen (secondary N) is 1. The highest BCUT2D eigenvalue weighted by Gasteiger charge is 2.06. The maximum absolute atomic E-state index is 6.17. The number of rotatable bonds is 6. The summed E-state index contributed by atoms with van der Waals surface area (Å²) in [5, 5.41) is 6.68. The number of ether oxygens (including phenoxy) is 1. The second-order valence-electron chi connectivity index (χ2n) is 5.64. The molecule has 7 heteroatoms. The molecule has 4 aromatic rings. The monoisotopic (exact) mass is 394 g/mol. The lowest BCUT2D eigenvalue weighted by molar-refractivity contribution is 0.306. The van der Waals surface area contributed by atoms with Gasteiger partial charge in [0.25, 0.3) is 0 Å². The van der Waals surface area contributed by atoms with E-state index in [1.54, 1.807) is 12.4 Å². The van der Waals surface area contributed by atoms with E-state index in [-0.39, 0.29) is 0 Å². The average Bonchev–Trinajstić information content (AvgIpc) is 3.23. The Morgan fingerprint density at radius 1 is 1.00 bits per heavy atom. The van der Waals surface area contributed by atoms with Crippen molar-refractivity contribution in [1.29, 1.82) is 0 Å². The van der Waals surface area contributed by atoms with Crippen LogP contribution in [0.3, 0.4) is 0 Å². The number of halogens is 1. The van der Waals surface area contributed by atoms with Crippen molar-refractivity contribution in [3.8, 4) is 16.5 Å².